The molecule has 1 N–H and O–H groups in total. The SMILES string of the molecule is CN(CC1CCOc2ccccc21)C(C(=O)O)c1ccc(F)cc1F. The Morgan fingerprint density at radius 3 is 2.80 bits per heavy atom. The maximum absolute atomic E-state index is 14.1. The van der Waals surface area contributed by atoms with Crippen molar-refractivity contribution in [2.24, 2.45) is 0 Å². The number of nitrogens with zero attached hydrogens (tertiary/aromatic N) is 1. The summed E-state index contributed by atoms with van der Waals surface area (Å²) in [6.07, 6.45) is 0.750. The Labute approximate surface area is 144 Å². The minimum absolute atomic E-state index is 0.0447. The molecule has 2 aromatic carbocycles. The molecule has 0 aromatic heterocycles. The van der Waals surface area contributed by atoms with Crippen LogP contribution in [0.15, 0.2) is 42.5 Å². The highest BCUT2D eigenvalue weighted by Gasteiger charge is 2.31. The molecule has 0 radical (unpaired) electrons. The normalized spacial score (nSPS) is 17.7. The van der Waals surface area contributed by atoms with Crippen LogP contribution in [0.1, 0.15) is 29.5 Å². The van der Waals surface area contributed by atoms with Crippen molar-refractivity contribution in [2.45, 2.75) is 18.4 Å². The molecule has 0 spiro atoms. The number of likely N-dealkylation sites (N-methyl/N-ethyl adjacent to an activating group) is 1. The Morgan fingerprint density at radius 2 is 2.08 bits per heavy atom. The Bertz CT molecular complexity index is 781. The van der Waals surface area contributed by atoms with Crippen molar-refractivity contribution in [3.8, 4) is 5.75 Å². The molecule has 0 fully saturated rings. The van der Waals surface area contributed by atoms with Crippen LogP contribution >= 0.6 is 0 Å². The van der Waals surface area contributed by atoms with Crippen LogP contribution in [0.3, 0.4) is 0 Å². The predicted octanol–water partition coefficient (Wildman–Crippen LogP) is 3.59. The third kappa shape index (κ3) is 3.64. The quantitative estimate of drug-likeness (QED) is 0.898. The van der Waals surface area contributed by atoms with Gasteiger partial charge in [0.25, 0.3) is 0 Å². The number of para-hydroxylation sites is 1. The first-order chi connectivity index (χ1) is 12.0. The first kappa shape index (κ1) is 17.4. The van der Waals surface area contributed by atoms with Gasteiger partial charge < -0.3 is 9.84 Å². The minimum atomic E-state index is -1.18. The van der Waals surface area contributed by atoms with E-state index >= 15 is 0 Å². The number of carboxylic acid groups (broad SMARTS) is 1. The van der Waals surface area contributed by atoms with Crippen molar-refractivity contribution < 1.29 is 23.4 Å². The lowest BCUT2D eigenvalue weighted by Crippen LogP contribution is -2.35. The fourth-order valence-corrected chi connectivity index (χ4v) is 3.34. The van der Waals surface area contributed by atoms with E-state index in [0.717, 1.165) is 23.8 Å². The van der Waals surface area contributed by atoms with Gasteiger partial charge in [0, 0.05) is 24.1 Å². The second kappa shape index (κ2) is 7.19. The van der Waals surface area contributed by atoms with Crippen LogP contribution in [0.4, 0.5) is 8.78 Å². The summed E-state index contributed by atoms with van der Waals surface area (Å²) < 4.78 is 32.8. The van der Waals surface area contributed by atoms with E-state index in [9.17, 15) is 18.7 Å². The smallest absolute Gasteiger partial charge is 0.325 e. The fourth-order valence-electron chi connectivity index (χ4n) is 3.34. The topological polar surface area (TPSA) is 49.8 Å². The zero-order valence-electron chi connectivity index (χ0n) is 13.8. The van der Waals surface area contributed by atoms with E-state index in [2.05, 4.69) is 0 Å². The number of carbonyl (C=O) groups is 1. The largest absolute Gasteiger partial charge is 0.493 e. The predicted molar refractivity (Wildman–Crippen MR) is 88.7 cm³/mol. The monoisotopic (exact) mass is 347 g/mol. The maximum Gasteiger partial charge on any atom is 0.325 e. The van der Waals surface area contributed by atoms with Crippen LogP contribution < -0.4 is 4.74 Å². The van der Waals surface area contributed by atoms with E-state index in [1.54, 1.807) is 11.9 Å². The van der Waals surface area contributed by atoms with Crippen molar-refractivity contribution >= 4 is 5.97 Å². The fraction of sp³-hybridized carbons (Fsp3) is 0.316. The molecule has 0 aliphatic carbocycles. The maximum atomic E-state index is 14.1. The summed E-state index contributed by atoms with van der Waals surface area (Å²) >= 11 is 0. The number of benzene rings is 2. The number of fused-ring (bicyclic) bond motifs is 1. The number of rotatable bonds is 5. The highest BCUT2D eigenvalue weighted by atomic mass is 19.1. The molecule has 1 aliphatic rings. The van der Waals surface area contributed by atoms with Gasteiger partial charge in [-0.05, 0) is 31.2 Å². The van der Waals surface area contributed by atoms with Gasteiger partial charge in [-0.1, -0.05) is 24.3 Å². The minimum Gasteiger partial charge on any atom is -0.493 e. The lowest BCUT2D eigenvalue weighted by molar-refractivity contribution is -0.143. The zero-order chi connectivity index (χ0) is 18.0. The van der Waals surface area contributed by atoms with Gasteiger partial charge in [0.2, 0.25) is 0 Å². The van der Waals surface area contributed by atoms with Crippen LogP contribution in [0.5, 0.6) is 5.75 Å². The third-order valence-electron chi connectivity index (χ3n) is 4.52. The van der Waals surface area contributed by atoms with Crippen molar-refractivity contribution in [1.82, 2.24) is 4.90 Å². The van der Waals surface area contributed by atoms with E-state index < -0.39 is 23.6 Å². The number of ether oxygens (including phenoxy) is 1. The van der Waals surface area contributed by atoms with E-state index in [0.29, 0.717) is 19.2 Å². The summed E-state index contributed by atoms with van der Waals surface area (Å²) in [6.45, 7) is 0.978. The highest BCUT2D eigenvalue weighted by Crippen LogP contribution is 2.35. The molecule has 0 saturated heterocycles. The zero-order valence-corrected chi connectivity index (χ0v) is 13.8. The van der Waals surface area contributed by atoms with Crippen molar-refractivity contribution in [1.29, 1.82) is 0 Å². The van der Waals surface area contributed by atoms with E-state index in [-0.39, 0.29) is 11.5 Å². The van der Waals surface area contributed by atoms with Gasteiger partial charge in [0.1, 0.15) is 23.4 Å². The van der Waals surface area contributed by atoms with E-state index in [4.69, 9.17) is 4.74 Å². The average molecular weight is 347 g/mol. The molecule has 2 unspecified atom stereocenters. The molecule has 0 bridgehead atoms. The second-order valence-corrected chi connectivity index (χ2v) is 6.22. The van der Waals surface area contributed by atoms with Gasteiger partial charge in [0.15, 0.2) is 0 Å². The molecule has 2 atom stereocenters. The van der Waals surface area contributed by atoms with Gasteiger partial charge in [-0.3, -0.25) is 9.69 Å². The van der Waals surface area contributed by atoms with Gasteiger partial charge in [-0.15, -0.1) is 0 Å². The van der Waals surface area contributed by atoms with Gasteiger partial charge >= 0.3 is 5.97 Å². The van der Waals surface area contributed by atoms with Gasteiger partial charge in [0.05, 0.1) is 6.61 Å². The molecule has 1 heterocycles. The molecule has 4 nitrogen and oxygen atoms in total. The summed E-state index contributed by atoms with van der Waals surface area (Å²) in [5.74, 6) is -1.88. The van der Waals surface area contributed by atoms with Crippen LogP contribution in [0.2, 0.25) is 0 Å². The Balaban J connectivity index is 1.85. The number of hydrogen-bond donors (Lipinski definition) is 1. The molecular weight excluding hydrogens is 328 g/mol. The highest BCUT2D eigenvalue weighted by molar-refractivity contribution is 5.75. The molecule has 6 heteroatoms. The van der Waals surface area contributed by atoms with Crippen LogP contribution in [-0.4, -0.2) is 36.2 Å². The molecule has 132 valence electrons. The molecule has 3 rings (SSSR count). The molecule has 25 heavy (non-hydrogen) atoms. The molecule has 0 amide bonds. The summed E-state index contributed by atoms with van der Waals surface area (Å²) in [7, 11) is 1.64. The van der Waals surface area contributed by atoms with Crippen LogP contribution in [0, 0.1) is 11.6 Å². The summed E-state index contributed by atoms with van der Waals surface area (Å²) in [6, 6.07) is 9.44. The lowest BCUT2D eigenvalue weighted by Gasteiger charge is -2.32. The molecule has 0 saturated carbocycles. The number of hydrogen-bond acceptors (Lipinski definition) is 3. The summed E-state index contributed by atoms with van der Waals surface area (Å²) in [5.41, 5.74) is 0.973. The summed E-state index contributed by atoms with van der Waals surface area (Å²) in [4.78, 5) is 13.3. The Kier molecular flexibility index (Phi) is 4.99. The number of halogens is 2. The first-order valence-corrected chi connectivity index (χ1v) is 8.07. The molecule has 2 aromatic rings. The van der Waals surface area contributed by atoms with Gasteiger partial charge in [-0.25, -0.2) is 8.78 Å². The second-order valence-electron chi connectivity index (χ2n) is 6.22. The van der Waals surface area contributed by atoms with Crippen LogP contribution in [-0.2, 0) is 4.79 Å². The number of aliphatic carboxylic acids is 1. The van der Waals surface area contributed by atoms with Crippen molar-refractivity contribution in [3.05, 3.63) is 65.2 Å². The molecule has 1 aliphatic heterocycles. The van der Waals surface area contributed by atoms with E-state index in [1.807, 2.05) is 24.3 Å². The first-order valence-electron chi connectivity index (χ1n) is 8.07. The third-order valence-corrected chi connectivity index (χ3v) is 4.52. The van der Waals surface area contributed by atoms with Crippen molar-refractivity contribution in [2.75, 3.05) is 20.2 Å². The summed E-state index contributed by atoms with van der Waals surface area (Å²) in [5, 5.41) is 9.59. The Hall–Kier alpha value is -2.47. The van der Waals surface area contributed by atoms with E-state index in [1.165, 1.54) is 6.07 Å². The average Bonchev–Trinajstić information content (AvgIpc) is 2.57. The standard InChI is InChI=1S/C19H19F2NO3/c1-22(11-12-8-9-25-17-5-3-2-4-14(12)17)18(19(23)24)15-7-6-13(20)10-16(15)21/h2-7,10,12,18H,8-9,11H2,1H3,(H,23,24). The lowest BCUT2D eigenvalue weighted by atomic mass is 9.92. The van der Waals surface area contributed by atoms with Crippen LogP contribution in [0.25, 0.3) is 0 Å². The molecular formula is C19H19F2NO3. The Morgan fingerprint density at radius 1 is 1.32 bits per heavy atom. The number of carboxylic acids is 1. The van der Waals surface area contributed by atoms with Crippen molar-refractivity contribution in [3.63, 3.8) is 0 Å². The van der Waals surface area contributed by atoms with Gasteiger partial charge in [-0.2, -0.15) is 0 Å².